The van der Waals surface area contributed by atoms with Gasteiger partial charge in [-0.15, -0.1) is 0 Å². The number of pyridine rings is 1. The van der Waals surface area contributed by atoms with Gasteiger partial charge in [0.25, 0.3) is 5.91 Å². The van der Waals surface area contributed by atoms with Crippen molar-refractivity contribution in [3.8, 4) is 0 Å². The molecule has 1 N–H and O–H groups in total. The van der Waals surface area contributed by atoms with Gasteiger partial charge in [0.1, 0.15) is 18.7 Å². The van der Waals surface area contributed by atoms with Crippen molar-refractivity contribution in [1.29, 1.82) is 0 Å². The Balaban J connectivity index is 1.54. The zero-order chi connectivity index (χ0) is 22.0. The summed E-state index contributed by atoms with van der Waals surface area (Å²) >= 11 is 0. The SMILES string of the molecule is CN(C)c1ccc(C(=O)NC(Cc2cccnc2)C(=O)N2CCC3OCC(=O)C32)cc1. The van der Waals surface area contributed by atoms with Crippen LogP contribution in [0.1, 0.15) is 22.3 Å². The Labute approximate surface area is 181 Å². The highest BCUT2D eigenvalue weighted by Crippen LogP contribution is 2.28. The summed E-state index contributed by atoms with van der Waals surface area (Å²) in [4.78, 5) is 46.2. The predicted molar refractivity (Wildman–Crippen MR) is 115 cm³/mol. The van der Waals surface area contributed by atoms with Crippen LogP contribution in [0.25, 0.3) is 0 Å². The highest BCUT2D eigenvalue weighted by molar-refractivity contribution is 5.99. The van der Waals surface area contributed by atoms with Gasteiger partial charge in [-0.05, 0) is 42.3 Å². The molecule has 162 valence electrons. The van der Waals surface area contributed by atoms with Crippen LogP contribution in [0.5, 0.6) is 0 Å². The number of hydrogen-bond acceptors (Lipinski definition) is 6. The van der Waals surface area contributed by atoms with Crippen LogP contribution in [0.4, 0.5) is 5.69 Å². The van der Waals surface area contributed by atoms with Crippen LogP contribution >= 0.6 is 0 Å². The van der Waals surface area contributed by atoms with Crippen LogP contribution in [-0.2, 0) is 20.7 Å². The van der Waals surface area contributed by atoms with Gasteiger partial charge in [-0.25, -0.2) is 0 Å². The minimum atomic E-state index is -0.808. The number of ether oxygens (including phenoxy) is 1. The molecule has 2 aromatic rings. The van der Waals surface area contributed by atoms with Gasteiger partial charge in [-0.3, -0.25) is 19.4 Å². The van der Waals surface area contributed by atoms with Crippen molar-refractivity contribution in [1.82, 2.24) is 15.2 Å². The van der Waals surface area contributed by atoms with E-state index in [0.717, 1.165) is 11.3 Å². The molecule has 0 radical (unpaired) electrons. The first-order chi connectivity index (χ1) is 14.9. The number of benzene rings is 1. The largest absolute Gasteiger partial charge is 0.378 e. The maximum atomic E-state index is 13.4. The van der Waals surface area contributed by atoms with Gasteiger partial charge < -0.3 is 19.9 Å². The average molecular weight is 422 g/mol. The smallest absolute Gasteiger partial charge is 0.251 e. The molecule has 8 heteroatoms. The second-order valence-electron chi connectivity index (χ2n) is 8.11. The quantitative estimate of drug-likeness (QED) is 0.749. The molecule has 2 amide bonds. The predicted octanol–water partition coefficient (Wildman–Crippen LogP) is 1.06. The third kappa shape index (κ3) is 4.44. The normalized spacial score (nSPS) is 21.0. The molecule has 3 unspecified atom stereocenters. The average Bonchev–Trinajstić information content (AvgIpc) is 3.36. The number of rotatable bonds is 6. The van der Waals surface area contributed by atoms with Crippen molar-refractivity contribution in [2.45, 2.75) is 31.0 Å². The van der Waals surface area contributed by atoms with E-state index in [9.17, 15) is 14.4 Å². The van der Waals surface area contributed by atoms with Gasteiger partial charge in [0.2, 0.25) is 5.91 Å². The van der Waals surface area contributed by atoms with Crippen molar-refractivity contribution in [2.75, 3.05) is 32.1 Å². The fourth-order valence-corrected chi connectivity index (χ4v) is 4.15. The van der Waals surface area contributed by atoms with Crippen LogP contribution in [0.15, 0.2) is 48.8 Å². The number of anilines is 1. The lowest BCUT2D eigenvalue weighted by molar-refractivity contribution is -0.138. The first kappa shape index (κ1) is 21.0. The molecule has 1 aromatic heterocycles. The van der Waals surface area contributed by atoms with Crippen LogP contribution < -0.4 is 10.2 Å². The number of nitrogens with zero attached hydrogens (tertiary/aromatic N) is 3. The van der Waals surface area contributed by atoms with E-state index in [-0.39, 0.29) is 36.7 Å². The van der Waals surface area contributed by atoms with Crippen molar-refractivity contribution in [2.24, 2.45) is 0 Å². The Hall–Kier alpha value is -3.26. The number of ketones is 1. The summed E-state index contributed by atoms with van der Waals surface area (Å²) in [5.74, 6) is -0.688. The molecule has 2 fully saturated rings. The summed E-state index contributed by atoms with van der Waals surface area (Å²) in [5, 5.41) is 2.88. The number of carbonyl (C=O) groups is 3. The Kier molecular flexibility index (Phi) is 5.99. The summed E-state index contributed by atoms with van der Waals surface area (Å²) in [6, 6.07) is 9.46. The van der Waals surface area contributed by atoms with E-state index in [1.807, 2.05) is 37.2 Å². The molecule has 4 rings (SSSR count). The van der Waals surface area contributed by atoms with E-state index >= 15 is 0 Å². The van der Waals surface area contributed by atoms with E-state index in [1.165, 1.54) is 0 Å². The Bertz CT molecular complexity index is 961. The van der Waals surface area contributed by atoms with Crippen molar-refractivity contribution < 1.29 is 19.1 Å². The monoisotopic (exact) mass is 422 g/mol. The molecule has 2 aliphatic rings. The lowest BCUT2D eigenvalue weighted by atomic mass is 10.0. The van der Waals surface area contributed by atoms with Crippen molar-refractivity contribution >= 4 is 23.3 Å². The number of hydrogen-bond donors (Lipinski definition) is 1. The number of fused-ring (bicyclic) bond motifs is 1. The molecule has 2 saturated heterocycles. The lowest BCUT2D eigenvalue weighted by Crippen LogP contribution is -2.53. The second-order valence-corrected chi connectivity index (χ2v) is 8.11. The second kappa shape index (κ2) is 8.85. The highest BCUT2D eigenvalue weighted by atomic mass is 16.5. The van der Waals surface area contributed by atoms with E-state index in [1.54, 1.807) is 35.5 Å². The van der Waals surface area contributed by atoms with Gasteiger partial charge in [0, 0.05) is 50.7 Å². The molecule has 0 aliphatic carbocycles. The first-order valence-electron chi connectivity index (χ1n) is 10.4. The topological polar surface area (TPSA) is 91.8 Å². The number of Topliss-reactive ketones (excluding diaryl/α,β-unsaturated/α-hetero) is 1. The number of nitrogens with one attached hydrogen (secondary N) is 1. The van der Waals surface area contributed by atoms with Gasteiger partial charge in [-0.1, -0.05) is 6.07 Å². The zero-order valence-electron chi connectivity index (χ0n) is 17.7. The minimum Gasteiger partial charge on any atom is -0.378 e. The third-order valence-corrected chi connectivity index (χ3v) is 5.81. The van der Waals surface area contributed by atoms with E-state index < -0.39 is 12.1 Å². The molecular formula is C23H26N4O4. The molecule has 31 heavy (non-hydrogen) atoms. The van der Waals surface area contributed by atoms with Gasteiger partial charge >= 0.3 is 0 Å². The number of carbonyl (C=O) groups excluding carboxylic acids is 3. The Morgan fingerprint density at radius 2 is 2.03 bits per heavy atom. The fourth-order valence-electron chi connectivity index (χ4n) is 4.15. The molecule has 3 heterocycles. The summed E-state index contributed by atoms with van der Waals surface area (Å²) < 4.78 is 5.50. The van der Waals surface area contributed by atoms with E-state index in [4.69, 9.17) is 4.74 Å². The molecule has 1 aromatic carbocycles. The Morgan fingerprint density at radius 3 is 2.71 bits per heavy atom. The minimum absolute atomic E-state index is 0.0387. The first-order valence-corrected chi connectivity index (χ1v) is 10.4. The van der Waals surface area contributed by atoms with Crippen LogP contribution in [0.3, 0.4) is 0 Å². The molecular weight excluding hydrogens is 396 g/mol. The lowest BCUT2D eigenvalue weighted by Gasteiger charge is -2.27. The zero-order valence-corrected chi connectivity index (χ0v) is 17.7. The number of aromatic nitrogens is 1. The fraction of sp³-hybridized carbons (Fsp3) is 0.391. The summed E-state index contributed by atoms with van der Waals surface area (Å²) in [6.45, 7) is 0.480. The van der Waals surface area contributed by atoms with Crippen LogP contribution in [0.2, 0.25) is 0 Å². The van der Waals surface area contributed by atoms with E-state index in [2.05, 4.69) is 10.3 Å². The molecule has 0 saturated carbocycles. The molecule has 3 atom stereocenters. The van der Waals surface area contributed by atoms with E-state index in [0.29, 0.717) is 18.5 Å². The van der Waals surface area contributed by atoms with Gasteiger partial charge in [0.15, 0.2) is 5.78 Å². The van der Waals surface area contributed by atoms with Gasteiger partial charge in [-0.2, -0.15) is 0 Å². The number of amides is 2. The molecule has 2 aliphatic heterocycles. The summed E-state index contributed by atoms with van der Waals surface area (Å²) in [6.07, 6.45) is 4.00. The molecule has 8 nitrogen and oxygen atoms in total. The maximum absolute atomic E-state index is 13.4. The Morgan fingerprint density at radius 1 is 1.26 bits per heavy atom. The van der Waals surface area contributed by atoms with Crippen LogP contribution in [-0.4, -0.2) is 72.9 Å². The third-order valence-electron chi connectivity index (χ3n) is 5.81. The van der Waals surface area contributed by atoms with Gasteiger partial charge in [0.05, 0.1) is 6.10 Å². The van der Waals surface area contributed by atoms with Crippen molar-refractivity contribution in [3.63, 3.8) is 0 Å². The van der Waals surface area contributed by atoms with Crippen LogP contribution in [0, 0.1) is 0 Å². The van der Waals surface area contributed by atoms with Crippen molar-refractivity contribution in [3.05, 3.63) is 59.9 Å². The summed E-state index contributed by atoms with van der Waals surface area (Å²) in [5.41, 5.74) is 2.27. The summed E-state index contributed by atoms with van der Waals surface area (Å²) in [7, 11) is 3.85. The highest BCUT2D eigenvalue weighted by Gasteiger charge is 2.48. The number of likely N-dealkylation sites (tertiary alicyclic amines) is 1. The standard InChI is InChI=1S/C23H26N4O4/c1-26(2)17-7-5-16(6-8-17)22(29)25-18(12-15-4-3-10-24-13-15)23(30)27-11-9-20-21(27)19(28)14-31-20/h3-8,10,13,18,20-21H,9,11-12,14H2,1-2H3,(H,25,29). The molecule has 0 spiro atoms. The maximum Gasteiger partial charge on any atom is 0.251 e. The molecule has 0 bridgehead atoms.